The number of carbonyl (C=O) groups excluding carboxylic acids is 1. The maximum absolute atomic E-state index is 12.9. The Labute approximate surface area is 147 Å². The second kappa shape index (κ2) is 8.62. The van der Waals surface area contributed by atoms with Gasteiger partial charge in [-0.15, -0.1) is 0 Å². The van der Waals surface area contributed by atoms with Crippen molar-refractivity contribution in [1.29, 1.82) is 0 Å². The molecule has 2 aromatic rings. The predicted molar refractivity (Wildman–Crippen MR) is 95.2 cm³/mol. The molecule has 0 saturated heterocycles. The van der Waals surface area contributed by atoms with Gasteiger partial charge in [0.15, 0.2) is 0 Å². The molecule has 1 N–H and O–H groups in total. The van der Waals surface area contributed by atoms with Gasteiger partial charge >= 0.3 is 0 Å². The molecule has 6 nitrogen and oxygen atoms in total. The summed E-state index contributed by atoms with van der Waals surface area (Å²) in [7, 11) is 1.86. The van der Waals surface area contributed by atoms with Crippen LogP contribution in [0.2, 0.25) is 0 Å². The van der Waals surface area contributed by atoms with Crippen LogP contribution in [0.1, 0.15) is 26.8 Å². The number of nitrogens with zero attached hydrogens (tertiary/aromatic N) is 3. The van der Waals surface area contributed by atoms with Crippen molar-refractivity contribution in [3.05, 3.63) is 42.3 Å². The number of ether oxygens (including phenoxy) is 1. The van der Waals surface area contributed by atoms with Gasteiger partial charge in [-0.3, -0.25) is 9.69 Å². The Kier molecular flexibility index (Phi) is 6.52. The zero-order chi connectivity index (χ0) is 18.4. The summed E-state index contributed by atoms with van der Waals surface area (Å²) in [6.07, 6.45) is 1.67. The molecule has 0 aliphatic carbocycles. The van der Waals surface area contributed by atoms with E-state index >= 15 is 0 Å². The topological polar surface area (TPSA) is 59.4 Å². The van der Waals surface area contributed by atoms with E-state index in [4.69, 9.17) is 4.74 Å². The molecule has 2 rings (SSSR count). The third-order valence-corrected chi connectivity index (χ3v) is 3.98. The summed E-state index contributed by atoms with van der Waals surface area (Å²) in [6.45, 7) is 6.82. The quantitative estimate of drug-likeness (QED) is 0.797. The predicted octanol–water partition coefficient (Wildman–Crippen LogP) is 2.94. The molecule has 1 amide bonds. The van der Waals surface area contributed by atoms with Gasteiger partial charge in [-0.05, 0) is 52.1 Å². The zero-order valence-corrected chi connectivity index (χ0v) is 15.1. The van der Waals surface area contributed by atoms with Crippen LogP contribution >= 0.6 is 0 Å². The number of hydrogen-bond donors (Lipinski definition) is 1. The van der Waals surface area contributed by atoms with E-state index in [1.54, 1.807) is 29.1 Å². The van der Waals surface area contributed by atoms with Crippen molar-refractivity contribution in [3.63, 3.8) is 0 Å². The number of hydrogen-bond acceptors (Lipinski definition) is 4. The van der Waals surface area contributed by atoms with Crippen LogP contribution in [0, 0.1) is 5.82 Å². The van der Waals surface area contributed by atoms with Crippen LogP contribution in [0.15, 0.2) is 36.5 Å². The van der Waals surface area contributed by atoms with Crippen molar-refractivity contribution in [2.24, 2.45) is 0 Å². The second-order valence-electron chi connectivity index (χ2n) is 6.20. The van der Waals surface area contributed by atoms with Gasteiger partial charge in [0, 0.05) is 18.7 Å². The molecule has 7 heteroatoms. The maximum Gasteiger partial charge on any atom is 0.242 e. The molecular formula is C18H25FN4O2. The average Bonchev–Trinajstić information content (AvgIpc) is 3.04. The summed E-state index contributed by atoms with van der Waals surface area (Å²) >= 11 is 0. The molecule has 1 aromatic heterocycles. The first-order valence-electron chi connectivity index (χ1n) is 8.31. The van der Waals surface area contributed by atoms with Gasteiger partial charge in [-0.2, -0.15) is 5.10 Å². The van der Waals surface area contributed by atoms with Crippen molar-refractivity contribution in [1.82, 2.24) is 14.7 Å². The fraction of sp³-hybridized carbons (Fsp3) is 0.444. The number of anilines is 1. The monoisotopic (exact) mass is 348 g/mol. The fourth-order valence-electron chi connectivity index (χ4n) is 2.29. The van der Waals surface area contributed by atoms with Gasteiger partial charge in [0.05, 0.1) is 12.2 Å². The van der Waals surface area contributed by atoms with E-state index in [0.29, 0.717) is 24.7 Å². The molecule has 0 saturated carbocycles. The van der Waals surface area contributed by atoms with Crippen LogP contribution in [0.4, 0.5) is 10.2 Å². The molecule has 0 unspecified atom stereocenters. The van der Waals surface area contributed by atoms with Crippen molar-refractivity contribution in [2.75, 3.05) is 25.5 Å². The summed E-state index contributed by atoms with van der Waals surface area (Å²) in [5.74, 6) is 0.887. The summed E-state index contributed by atoms with van der Waals surface area (Å²) < 4.78 is 20.2. The standard InChI is InChI=1S/C18H25FN4O2/c1-13(2)23-17(9-10-20-23)21-18(24)14(3)22(4)11-12-25-16-7-5-15(19)6-8-16/h5-10,13-14H,11-12H2,1-4H3,(H,21,24)/t14-/m0/s1. The van der Waals surface area contributed by atoms with Gasteiger partial charge in [0.25, 0.3) is 0 Å². The number of nitrogens with one attached hydrogen (secondary N) is 1. The third kappa shape index (κ3) is 5.29. The Balaban J connectivity index is 1.82. The number of rotatable bonds is 8. The molecule has 25 heavy (non-hydrogen) atoms. The minimum atomic E-state index is -0.327. The van der Waals surface area contributed by atoms with Crippen molar-refractivity contribution in [2.45, 2.75) is 32.9 Å². The molecule has 136 valence electrons. The molecule has 1 heterocycles. The first kappa shape index (κ1) is 18.9. The molecule has 0 fully saturated rings. The summed E-state index contributed by atoms with van der Waals surface area (Å²) in [5.41, 5.74) is 0. The normalized spacial score (nSPS) is 12.4. The average molecular weight is 348 g/mol. The highest BCUT2D eigenvalue weighted by Crippen LogP contribution is 2.14. The van der Waals surface area contributed by atoms with Gasteiger partial charge in [0.2, 0.25) is 5.91 Å². The molecule has 1 aromatic carbocycles. The van der Waals surface area contributed by atoms with E-state index in [2.05, 4.69) is 10.4 Å². The minimum Gasteiger partial charge on any atom is -0.492 e. The zero-order valence-electron chi connectivity index (χ0n) is 15.1. The van der Waals surface area contributed by atoms with Gasteiger partial charge < -0.3 is 10.1 Å². The first-order valence-corrected chi connectivity index (χ1v) is 8.31. The number of aromatic nitrogens is 2. The number of carbonyl (C=O) groups is 1. The van der Waals surface area contributed by atoms with Crippen LogP contribution in [0.3, 0.4) is 0 Å². The molecular weight excluding hydrogens is 323 g/mol. The second-order valence-corrected chi connectivity index (χ2v) is 6.20. The number of benzene rings is 1. The molecule has 0 radical (unpaired) electrons. The number of amides is 1. The SMILES string of the molecule is CC(C)n1nccc1NC(=O)[C@H](C)N(C)CCOc1ccc(F)cc1. The first-order chi connectivity index (χ1) is 11.9. The van der Waals surface area contributed by atoms with E-state index < -0.39 is 0 Å². The maximum atomic E-state index is 12.9. The number of halogens is 1. The Morgan fingerprint density at radius 2 is 1.96 bits per heavy atom. The van der Waals surface area contributed by atoms with Crippen molar-refractivity contribution >= 4 is 11.7 Å². The Morgan fingerprint density at radius 1 is 1.28 bits per heavy atom. The van der Waals surface area contributed by atoms with E-state index in [1.165, 1.54) is 12.1 Å². The molecule has 0 aliphatic rings. The lowest BCUT2D eigenvalue weighted by atomic mass is 10.2. The highest BCUT2D eigenvalue weighted by Gasteiger charge is 2.19. The summed E-state index contributed by atoms with van der Waals surface area (Å²) in [5, 5.41) is 7.11. The molecule has 0 aliphatic heterocycles. The smallest absolute Gasteiger partial charge is 0.242 e. The van der Waals surface area contributed by atoms with Gasteiger partial charge in [-0.25, -0.2) is 9.07 Å². The lowest BCUT2D eigenvalue weighted by molar-refractivity contribution is -0.120. The molecule has 0 spiro atoms. The van der Waals surface area contributed by atoms with Crippen LogP contribution in [0.5, 0.6) is 5.75 Å². The van der Waals surface area contributed by atoms with Crippen LogP contribution < -0.4 is 10.1 Å². The van der Waals surface area contributed by atoms with E-state index in [1.807, 2.05) is 32.7 Å². The van der Waals surface area contributed by atoms with Gasteiger partial charge in [-0.1, -0.05) is 0 Å². The summed E-state index contributed by atoms with van der Waals surface area (Å²) in [4.78, 5) is 14.3. The van der Waals surface area contributed by atoms with E-state index in [0.717, 1.165) is 0 Å². The van der Waals surface area contributed by atoms with Crippen LogP contribution in [0.25, 0.3) is 0 Å². The molecule has 1 atom stereocenters. The Hall–Kier alpha value is -2.41. The number of likely N-dealkylation sites (N-methyl/N-ethyl adjacent to an activating group) is 1. The Morgan fingerprint density at radius 3 is 2.60 bits per heavy atom. The van der Waals surface area contributed by atoms with Crippen LogP contribution in [-0.4, -0.2) is 46.8 Å². The van der Waals surface area contributed by atoms with E-state index in [9.17, 15) is 9.18 Å². The molecule has 0 bridgehead atoms. The highest BCUT2D eigenvalue weighted by atomic mass is 19.1. The van der Waals surface area contributed by atoms with Crippen LogP contribution in [-0.2, 0) is 4.79 Å². The van der Waals surface area contributed by atoms with Gasteiger partial charge in [0.1, 0.15) is 24.0 Å². The highest BCUT2D eigenvalue weighted by molar-refractivity contribution is 5.93. The van der Waals surface area contributed by atoms with Crippen molar-refractivity contribution in [3.8, 4) is 5.75 Å². The lowest BCUT2D eigenvalue weighted by Gasteiger charge is -2.24. The van der Waals surface area contributed by atoms with E-state index in [-0.39, 0.29) is 23.8 Å². The Bertz CT molecular complexity index is 685. The largest absolute Gasteiger partial charge is 0.492 e. The minimum absolute atomic E-state index is 0.105. The fourth-order valence-corrected chi connectivity index (χ4v) is 2.29. The van der Waals surface area contributed by atoms with Crippen molar-refractivity contribution < 1.29 is 13.9 Å². The summed E-state index contributed by atoms with van der Waals surface area (Å²) in [6, 6.07) is 7.49. The third-order valence-electron chi connectivity index (χ3n) is 3.98. The lowest BCUT2D eigenvalue weighted by Crippen LogP contribution is -2.41.